The van der Waals surface area contributed by atoms with Gasteiger partial charge in [0, 0.05) is 23.9 Å². The molecule has 0 atom stereocenters. The number of hydrogen-bond acceptors (Lipinski definition) is 4. The molecule has 1 aliphatic heterocycles. The summed E-state index contributed by atoms with van der Waals surface area (Å²) in [6, 6.07) is 14.9. The Bertz CT molecular complexity index is 1130. The Morgan fingerprint density at radius 2 is 1.64 bits per heavy atom. The predicted octanol–water partition coefficient (Wildman–Crippen LogP) is 3.69. The zero-order valence-corrected chi connectivity index (χ0v) is 14.4. The molecule has 140 valence electrons. The number of hydrogen-bond donors (Lipinski definition) is 2. The highest BCUT2D eigenvalue weighted by molar-refractivity contribution is 6.17. The molecule has 1 aliphatic rings. The van der Waals surface area contributed by atoms with Crippen LogP contribution in [0.15, 0.2) is 66.4 Å². The van der Waals surface area contributed by atoms with Crippen molar-refractivity contribution in [3.63, 3.8) is 0 Å². The lowest BCUT2D eigenvalue weighted by Crippen LogP contribution is -2.31. The van der Waals surface area contributed by atoms with E-state index in [0.29, 0.717) is 0 Å². The summed E-state index contributed by atoms with van der Waals surface area (Å²) in [5.41, 5.74) is 0.609. The summed E-state index contributed by atoms with van der Waals surface area (Å²) >= 11 is 0. The number of amides is 2. The second-order valence-electron chi connectivity index (χ2n) is 6.34. The fourth-order valence-electron chi connectivity index (χ4n) is 3.14. The zero-order chi connectivity index (χ0) is 19.8. The van der Waals surface area contributed by atoms with E-state index in [1.807, 2.05) is 42.5 Å². The third-order valence-electron chi connectivity index (χ3n) is 4.51. The Labute approximate surface area is 158 Å². The van der Waals surface area contributed by atoms with E-state index in [0.717, 1.165) is 39.4 Å². The minimum absolute atomic E-state index is 0.0685. The largest absolute Gasteiger partial charge is 0.503 e. The van der Waals surface area contributed by atoms with Crippen molar-refractivity contribution in [1.29, 1.82) is 0 Å². The third kappa shape index (κ3) is 3.07. The summed E-state index contributed by atoms with van der Waals surface area (Å²) in [7, 11) is 0. The molecule has 1 heterocycles. The van der Waals surface area contributed by atoms with Crippen LogP contribution in [0.1, 0.15) is 5.56 Å². The summed E-state index contributed by atoms with van der Waals surface area (Å²) in [6.45, 7) is 0.0685. The van der Waals surface area contributed by atoms with Crippen molar-refractivity contribution in [2.45, 2.75) is 6.54 Å². The first kappa shape index (κ1) is 17.7. The zero-order valence-electron chi connectivity index (χ0n) is 14.4. The van der Waals surface area contributed by atoms with Crippen LogP contribution in [0.4, 0.5) is 14.5 Å². The van der Waals surface area contributed by atoms with Crippen LogP contribution in [0.2, 0.25) is 0 Å². The van der Waals surface area contributed by atoms with Gasteiger partial charge in [0.15, 0.2) is 17.4 Å². The molecule has 28 heavy (non-hydrogen) atoms. The van der Waals surface area contributed by atoms with Crippen molar-refractivity contribution in [2.24, 2.45) is 0 Å². The molecule has 0 bridgehead atoms. The van der Waals surface area contributed by atoms with Gasteiger partial charge in [-0.25, -0.2) is 8.78 Å². The van der Waals surface area contributed by atoms with Crippen LogP contribution in [0.3, 0.4) is 0 Å². The molecular weight excluding hydrogens is 366 g/mol. The van der Waals surface area contributed by atoms with Crippen molar-refractivity contribution < 1.29 is 23.5 Å². The van der Waals surface area contributed by atoms with Crippen molar-refractivity contribution in [3.8, 4) is 5.75 Å². The Morgan fingerprint density at radius 1 is 0.964 bits per heavy atom. The number of anilines is 1. The highest BCUT2D eigenvalue weighted by Crippen LogP contribution is 2.27. The number of carbonyl (C=O) groups is 2. The number of benzene rings is 3. The van der Waals surface area contributed by atoms with E-state index in [1.165, 1.54) is 0 Å². The van der Waals surface area contributed by atoms with Gasteiger partial charge in [-0.3, -0.25) is 14.5 Å². The van der Waals surface area contributed by atoms with Crippen LogP contribution in [0, 0.1) is 11.6 Å². The first-order chi connectivity index (χ1) is 13.4. The Morgan fingerprint density at radius 3 is 2.39 bits per heavy atom. The first-order valence-corrected chi connectivity index (χ1v) is 8.43. The Hall–Kier alpha value is -3.74. The first-order valence-electron chi connectivity index (χ1n) is 8.43. The number of fused-ring (bicyclic) bond motifs is 1. The summed E-state index contributed by atoms with van der Waals surface area (Å²) in [4.78, 5) is 26.0. The molecule has 0 aliphatic carbocycles. The maximum absolute atomic E-state index is 13.5. The van der Waals surface area contributed by atoms with Crippen molar-refractivity contribution >= 4 is 28.3 Å². The average molecular weight is 380 g/mol. The van der Waals surface area contributed by atoms with Crippen molar-refractivity contribution in [2.75, 3.05) is 5.32 Å². The van der Waals surface area contributed by atoms with Gasteiger partial charge in [0.1, 0.15) is 5.70 Å². The predicted molar refractivity (Wildman–Crippen MR) is 99.2 cm³/mol. The molecule has 0 saturated carbocycles. The van der Waals surface area contributed by atoms with Gasteiger partial charge in [0.2, 0.25) is 0 Å². The number of phenols is 1. The van der Waals surface area contributed by atoms with Gasteiger partial charge < -0.3 is 10.4 Å². The smallest absolute Gasteiger partial charge is 0.277 e. The number of halogens is 2. The van der Waals surface area contributed by atoms with Crippen molar-refractivity contribution in [3.05, 3.63) is 83.6 Å². The molecule has 0 aromatic heterocycles. The van der Waals surface area contributed by atoms with E-state index in [4.69, 9.17) is 5.11 Å². The Balaban J connectivity index is 1.57. The number of rotatable bonds is 4. The number of phenolic OH excluding ortho intramolecular Hbond substituents is 1. The van der Waals surface area contributed by atoms with Crippen LogP contribution < -0.4 is 5.32 Å². The second kappa shape index (κ2) is 6.77. The molecule has 3 aromatic carbocycles. The molecule has 0 fully saturated rings. The maximum atomic E-state index is 13.5. The Kier molecular flexibility index (Phi) is 4.27. The molecule has 2 amide bonds. The van der Waals surface area contributed by atoms with Gasteiger partial charge in [0.25, 0.3) is 11.8 Å². The minimum atomic E-state index is -1.17. The van der Waals surface area contributed by atoms with Gasteiger partial charge in [0.05, 0.1) is 6.54 Å². The van der Waals surface area contributed by atoms with Gasteiger partial charge in [-0.2, -0.15) is 0 Å². The van der Waals surface area contributed by atoms with Crippen LogP contribution in [-0.2, 0) is 16.1 Å². The van der Waals surface area contributed by atoms with E-state index in [9.17, 15) is 18.4 Å². The van der Waals surface area contributed by atoms with Gasteiger partial charge >= 0.3 is 0 Å². The summed E-state index contributed by atoms with van der Waals surface area (Å²) in [6.07, 6.45) is 1.08. The highest BCUT2D eigenvalue weighted by atomic mass is 19.1. The minimum Gasteiger partial charge on any atom is -0.503 e. The lowest BCUT2D eigenvalue weighted by Gasteiger charge is -2.17. The van der Waals surface area contributed by atoms with Crippen LogP contribution in [0.5, 0.6) is 5.75 Å². The molecule has 0 spiro atoms. The topological polar surface area (TPSA) is 69.6 Å². The molecule has 0 unspecified atom stereocenters. The summed E-state index contributed by atoms with van der Waals surface area (Å²) in [5.74, 6) is -4.59. The highest BCUT2D eigenvalue weighted by Gasteiger charge is 2.31. The number of carbonyl (C=O) groups excluding carboxylic acids is 2. The standard InChI is InChI=1S/C21H14F2N2O3/c22-16-8-14(9-17(23)20(16)27)24-18-10-19(26)25(21(18)28)11-13-6-3-5-12-4-1-2-7-15(12)13/h1-10,24,27H,11H2. The third-order valence-corrected chi connectivity index (χ3v) is 4.51. The molecular formula is C21H14F2N2O3. The number of nitrogens with one attached hydrogen (secondary N) is 1. The second-order valence-corrected chi connectivity index (χ2v) is 6.34. The molecule has 2 N–H and O–H groups in total. The van der Waals surface area contributed by atoms with Crippen LogP contribution >= 0.6 is 0 Å². The van der Waals surface area contributed by atoms with Crippen LogP contribution in [0.25, 0.3) is 10.8 Å². The quantitative estimate of drug-likeness (QED) is 0.535. The lowest BCUT2D eigenvalue weighted by atomic mass is 10.0. The van der Waals surface area contributed by atoms with Crippen molar-refractivity contribution in [1.82, 2.24) is 4.90 Å². The van der Waals surface area contributed by atoms with E-state index in [1.54, 1.807) is 0 Å². The number of imide groups is 1. The van der Waals surface area contributed by atoms with Gasteiger partial charge in [-0.05, 0) is 16.3 Å². The molecule has 0 radical (unpaired) electrons. The fourth-order valence-corrected chi connectivity index (χ4v) is 3.14. The molecule has 4 rings (SSSR count). The monoisotopic (exact) mass is 380 g/mol. The normalized spacial score (nSPS) is 13.9. The average Bonchev–Trinajstić information content (AvgIpc) is 2.93. The number of nitrogens with zero attached hydrogens (tertiary/aromatic N) is 1. The summed E-state index contributed by atoms with van der Waals surface area (Å²) in [5, 5.41) is 13.6. The van der Waals surface area contributed by atoms with E-state index < -0.39 is 29.2 Å². The van der Waals surface area contributed by atoms with E-state index in [2.05, 4.69) is 5.32 Å². The van der Waals surface area contributed by atoms with Gasteiger partial charge in [-0.1, -0.05) is 42.5 Å². The summed E-state index contributed by atoms with van der Waals surface area (Å²) < 4.78 is 27.0. The maximum Gasteiger partial charge on any atom is 0.277 e. The number of aromatic hydroxyl groups is 1. The van der Waals surface area contributed by atoms with E-state index in [-0.39, 0.29) is 17.9 Å². The molecule has 7 heteroatoms. The van der Waals surface area contributed by atoms with Gasteiger partial charge in [-0.15, -0.1) is 0 Å². The fraction of sp³-hybridized carbons (Fsp3) is 0.0476. The lowest BCUT2D eigenvalue weighted by molar-refractivity contribution is -0.137. The molecule has 5 nitrogen and oxygen atoms in total. The van der Waals surface area contributed by atoms with E-state index >= 15 is 0 Å². The molecule has 3 aromatic rings. The van der Waals surface area contributed by atoms with Crippen LogP contribution in [-0.4, -0.2) is 21.8 Å². The molecule has 0 saturated heterocycles. The SMILES string of the molecule is O=C1C=C(Nc2cc(F)c(O)c(F)c2)C(=O)N1Cc1cccc2ccccc12.